The van der Waals surface area contributed by atoms with E-state index < -0.39 is 5.82 Å². The maximum Gasteiger partial charge on any atom is 0.205 e. The second kappa shape index (κ2) is 4.79. The molecule has 0 saturated heterocycles. The van der Waals surface area contributed by atoms with Crippen LogP contribution in [0.5, 0.6) is 5.75 Å². The second-order valence-corrected chi connectivity index (χ2v) is 4.01. The molecule has 0 aliphatic rings. The molecule has 0 radical (unpaired) electrons. The van der Waals surface area contributed by atoms with Gasteiger partial charge in [-0.3, -0.25) is 5.43 Å². The summed E-state index contributed by atoms with van der Waals surface area (Å²) in [6, 6.07) is 3.82. The van der Waals surface area contributed by atoms with Crippen molar-refractivity contribution < 1.29 is 9.50 Å². The number of halogens is 1. The number of hydrogen-bond donors (Lipinski definition) is 3. The molecule has 88 valence electrons. The normalized spacial score (nSPS) is 10.9. The van der Waals surface area contributed by atoms with E-state index >= 15 is 0 Å². The number of aromatic nitrogens is 1. The molecule has 0 spiro atoms. The van der Waals surface area contributed by atoms with Gasteiger partial charge in [-0.2, -0.15) is 5.10 Å². The van der Waals surface area contributed by atoms with E-state index in [1.54, 1.807) is 5.38 Å². The van der Waals surface area contributed by atoms with Crippen LogP contribution in [-0.4, -0.2) is 16.3 Å². The van der Waals surface area contributed by atoms with E-state index in [2.05, 4.69) is 15.5 Å². The number of anilines is 2. The van der Waals surface area contributed by atoms with E-state index in [9.17, 15) is 4.39 Å². The van der Waals surface area contributed by atoms with E-state index in [4.69, 9.17) is 10.8 Å². The van der Waals surface area contributed by atoms with Gasteiger partial charge in [-0.05, 0) is 12.1 Å². The SMILES string of the molecule is Nc1csc(NN=Cc2ccc(O)cc2F)n1. The van der Waals surface area contributed by atoms with E-state index in [1.807, 2.05) is 0 Å². The number of nitrogens with zero attached hydrogens (tertiary/aromatic N) is 2. The number of aromatic hydroxyl groups is 1. The lowest BCUT2D eigenvalue weighted by atomic mass is 10.2. The van der Waals surface area contributed by atoms with E-state index in [0.717, 1.165) is 6.07 Å². The molecule has 2 aromatic rings. The number of benzene rings is 1. The monoisotopic (exact) mass is 252 g/mol. The quantitative estimate of drug-likeness (QED) is 0.576. The topological polar surface area (TPSA) is 83.5 Å². The van der Waals surface area contributed by atoms with Crippen molar-refractivity contribution in [1.82, 2.24) is 4.98 Å². The van der Waals surface area contributed by atoms with Crippen molar-refractivity contribution in [3.05, 3.63) is 35.0 Å². The molecule has 1 aromatic heterocycles. The predicted octanol–water partition coefficient (Wildman–Crippen LogP) is 2.02. The van der Waals surface area contributed by atoms with Gasteiger partial charge >= 0.3 is 0 Å². The smallest absolute Gasteiger partial charge is 0.205 e. The third kappa shape index (κ3) is 2.91. The number of thiazole rings is 1. The molecule has 0 unspecified atom stereocenters. The van der Waals surface area contributed by atoms with Gasteiger partial charge in [-0.15, -0.1) is 11.3 Å². The Bertz CT molecular complexity index is 555. The van der Waals surface area contributed by atoms with Crippen molar-refractivity contribution >= 4 is 28.5 Å². The Morgan fingerprint density at radius 2 is 2.35 bits per heavy atom. The Morgan fingerprint density at radius 3 is 3.00 bits per heavy atom. The van der Waals surface area contributed by atoms with E-state index in [1.165, 1.54) is 29.7 Å². The lowest BCUT2D eigenvalue weighted by Gasteiger charge is -1.97. The fraction of sp³-hybridized carbons (Fsp3) is 0. The van der Waals surface area contributed by atoms with Crippen molar-refractivity contribution in [2.45, 2.75) is 0 Å². The zero-order chi connectivity index (χ0) is 12.3. The largest absolute Gasteiger partial charge is 0.508 e. The first-order chi connectivity index (χ1) is 8.15. The first kappa shape index (κ1) is 11.3. The molecule has 0 aliphatic heterocycles. The second-order valence-electron chi connectivity index (χ2n) is 3.15. The molecule has 2 rings (SSSR count). The third-order valence-electron chi connectivity index (χ3n) is 1.87. The van der Waals surface area contributed by atoms with Gasteiger partial charge in [0, 0.05) is 17.0 Å². The minimum absolute atomic E-state index is 0.125. The van der Waals surface area contributed by atoms with Gasteiger partial charge < -0.3 is 10.8 Å². The number of hydrogen-bond acceptors (Lipinski definition) is 6. The molecule has 0 bridgehead atoms. The average molecular weight is 252 g/mol. The zero-order valence-corrected chi connectivity index (χ0v) is 9.41. The molecular weight excluding hydrogens is 243 g/mol. The Morgan fingerprint density at radius 1 is 1.53 bits per heavy atom. The molecule has 0 aliphatic carbocycles. The van der Waals surface area contributed by atoms with Crippen molar-refractivity contribution in [1.29, 1.82) is 0 Å². The van der Waals surface area contributed by atoms with Crippen molar-refractivity contribution in [3.63, 3.8) is 0 Å². The van der Waals surface area contributed by atoms with Crippen LogP contribution in [0.25, 0.3) is 0 Å². The zero-order valence-electron chi connectivity index (χ0n) is 8.59. The molecule has 0 atom stereocenters. The van der Waals surface area contributed by atoms with Gasteiger partial charge in [0.1, 0.15) is 17.4 Å². The Labute approximate surface area is 100 Å². The highest BCUT2D eigenvalue weighted by molar-refractivity contribution is 7.14. The van der Waals surface area contributed by atoms with Crippen LogP contribution in [0.2, 0.25) is 0 Å². The molecule has 5 nitrogen and oxygen atoms in total. The van der Waals surface area contributed by atoms with Gasteiger partial charge in [0.15, 0.2) is 0 Å². The minimum atomic E-state index is -0.547. The van der Waals surface area contributed by atoms with Gasteiger partial charge in [0.05, 0.1) is 6.21 Å². The lowest BCUT2D eigenvalue weighted by Crippen LogP contribution is -1.93. The molecule has 17 heavy (non-hydrogen) atoms. The molecule has 7 heteroatoms. The fourth-order valence-corrected chi connectivity index (χ4v) is 1.66. The highest BCUT2D eigenvalue weighted by atomic mass is 32.1. The number of nitrogen functional groups attached to an aromatic ring is 1. The van der Waals surface area contributed by atoms with Crippen LogP contribution in [0.4, 0.5) is 15.3 Å². The van der Waals surface area contributed by atoms with Gasteiger partial charge in [-0.25, -0.2) is 9.37 Å². The molecular formula is C10H9FN4OS. The van der Waals surface area contributed by atoms with Crippen LogP contribution in [0.15, 0.2) is 28.7 Å². The summed E-state index contributed by atoms with van der Waals surface area (Å²) >= 11 is 1.30. The number of nitrogens with one attached hydrogen (secondary N) is 1. The van der Waals surface area contributed by atoms with Gasteiger partial charge in [0.2, 0.25) is 5.13 Å². The van der Waals surface area contributed by atoms with E-state index in [0.29, 0.717) is 10.9 Å². The van der Waals surface area contributed by atoms with Gasteiger partial charge in [-0.1, -0.05) is 0 Å². The molecule has 1 aromatic carbocycles. The third-order valence-corrected chi connectivity index (χ3v) is 2.63. The first-order valence-electron chi connectivity index (χ1n) is 4.64. The average Bonchev–Trinajstić information content (AvgIpc) is 2.68. The fourth-order valence-electron chi connectivity index (χ4n) is 1.12. The summed E-state index contributed by atoms with van der Waals surface area (Å²) in [4.78, 5) is 3.92. The summed E-state index contributed by atoms with van der Waals surface area (Å²) in [6.07, 6.45) is 1.30. The molecule has 0 saturated carbocycles. The first-order valence-corrected chi connectivity index (χ1v) is 5.52. The van der Waals surface area contributed by atoms with Crippen LogP contribution in [0.1, 0.15) is 5.56 Å². The van der Waals surface area contributed by atoms with Crippen molar-refractivity contribution in [3.8, 4) is 5.75 Å². The molecule has 0 fully saturated rings. The number of nitrogens with two attached hydrogens (primary N) is 1. The molecule has 1 heterocycles. The maximum atomic E-state index is 13.3. The van der Waals surface area contributed by atoms with Crippen LogP contribution in [0.3, 0.4) is 0 Å². The summed E-state index contributed by atoms with van der Waals surface area (Å²) < 4.78 is 13.3. The van der Waals surface area contributed by atoms with Crippen molar-refractivity contribution in [2.75, 3.05) is 11.2 Å². The predicted molar refractivity (Wildman–Crippen MR) is 65.8 cm³/mol. The highest BCUT2D eigenvalue weighted by Gasteiger charge is 2.00. The Balaban J connectivity index is 2.05. The van der Waals surface area contributed by atoms with Crippen molar-refractivity contribution in [2.24, 2.45) is 5.10 Å². The summed E-state index contributed by atoms with van der Waals surface area (Å²) in [5.74, 6) is -0.266. The Kier molecular flexibility index (Phi) is 3.20. The number of hydrazone groups is 1. The molecule has 4 N–H and O–H groups in total. The maximum absolute atomic E-state index is 13.3. The van der Waals surface area contributed by atoms with Crippen LogP contribution >= 0.6 is 11.3 Å². The number of rotatable bonds is 3. The number of phenolic OH excluding ortho intramolecular Hbond substituents is 1. The lowest BCUT2D eigenvalue weighted by molar-refractivity contribution is 0.469. The standard InChI is InChI=1S/C10H9FN4OS/c11-8-3-7(16)2-1-6(8)4-13-15-10-14-9(12)5-17-10/h1-5,16H,12H2,(H,14,15). The number of phenols is 1. The highest BCUT2D eigenvalue weighted by Crippen LogP contribution is 2.16. The Hall–Kier alpha value is -2.15. The summed E-state index contributed by atoms with van der Waals surface area (Å²) in [5.41, 5.74) is 8.31. The molecule has 0 amide bonds. The van der Waals surface area contributed by atoms with E-state index in [-0.39, 0.29) is 11.3 Å². The summed E-state index contributed by atoms with van der Waals surface area (Å²) in [7, 11) is 0. The minimum Gasteiger partial charge on any atom is -0.508 e. The summed E-state index contributed by atoms with van der Waals surface area (Å²) in [5, 5.41) is 15.0. The summed E-state index contributed by atoms with van der Waals surface area (Å²) in [6.45, 7) is 0. The van der Waals surface area contributed by atoms with Crippen LogP contribution in [-0.2, 0) is 0 Å². The van der Waals surface area contributed by atoms with Crippen LogP contribution in [0, 0.1) is 5.82 Å². The van der Waals surface area contributed by atoms with Gasteiger partial charge in [0.25, 0.3) is 0 Å². The van der Waals surface area contributed by atoms with Crippen LogP contribution < -0.4 is 11.2 Å².